The maximum Gasteiger partial charge on any atom is 0.222 e. The van der Waals surface area contributed by atoms with Crippen LogP contribution in [0.5, 0.6) is 0 Å². The highest BCUT2D eigenvalue weighted by molar-refractivity contribution is 5.87. The highest BCUT2D eigenvalue weighted by Crippen LogP contribution is 2.37. The minimum atomic E-state index is -0.169. The van der Waals surface area contributed by atoms with E-state index >= 15 is 0 Å². The summed E-state index contributed by atoms with van der Waals surface area (Å²) in [6.45, 7) is 14.8. The second kappa shape index (κ2) is 10.2. The summed E-state index contributed by atoms with van der Waals surface area (Å²) in [6, 6.07) is 25.9. The molecule has 5 heteroatoms. The Morgan fingerprint density at radius 2 is 1.08 bits per heavy atom. The summed E-state index contributed by atoms with van der Waals surface area (Å²) in [5, 5.41) is 2.65. The van der Waals surface area contributed by atoms with Gasteiger partial charge in [-0.25, -0.2) is 4.98 Å². The molecule has 0 unspecified atom stereocenters. The van der Waals surface area contributed by atoms with Crippen LogP contribution in [-0.4, -0.2) is 15.9 Å². The van der Waals surface area contributed by atoms with Crippen LogP contribution >= 0.6 is 0 Å². The Morgan fingerprint density at radius 3 is 1.43 bits per heavy atom. The summed E-state index contributed by atoms with van der Waals surface area (Å²) in [6.07, 6.45) is 3.25. The van der Waals surface area contributed by atoms with E-state index in [0.717, 1.165) is 28.3 Å². The topological polar surface area (TPSA) is 58.1 Å². The summed E-state index contributed by atoms with van der Waals surface area (Å²) < 4.78 is 0. The third-order valence-corrected chi connectivity index (χ3v) is 6.36. The summed E-state index contributed by atoms with van der Waals surface area (Å²) in [5.41, 5.74) is 7.75. The lowest BCUT2D eigenvalue weighted by atomic mass is 9.86. The molecule has 190 valence electrons. The number of rotatable bonds is 5. The Bertz CT molecular complexity index is 1290. The lowest BCUT2D eigenvalue weighted by molar-refractivity contribution is -0.114. The predicted molar refractivity (Wildman–Crippen MR) is 154 cm³/mol. The molecule has 0 aliphatic heterocycles. The zero-order chi connectivity index (χ0) is 26.8. The molecule has 3 aromatic carbocycles. The van der Waals surface area contributed by atoms with Gasteiger partial charge in [0, 0.05) is 29.5 Å². The van der Waals surface area contributed by atoms with Crippen molar-refractivity contribution in [1.29, 1.82) is 0 Å². The fraction of sp³-hybridized carbons (Fsp3) is 0.281. The van der Waals surface area contributed by atoms with Crippen molar-refractivity contribution < 1.29 is 4.79 Å². The van der Waals surface area contributed by atoms with Crippen LogP contribution in [0.2, 0.25) is 0 Å². The number of carbonyl (C=O) groups is 1. The van der Waals surface area contributed by atoms with Gasteiger partial charge in [-0.2, -0.15) is 0 Å². The molecular weight excluding hydrogens is 456 g/mol. The van der Waals surface area contributed by atoms with E-state index in [4.69, 9.17) is 0 Å². The number of nitrogens with one attached hydrogen (secondary N) is 1. The van der Waals surface area contributed by atoms with Crippen LogP contribution in [0, 0.1) is 0 Å². The van der Waals surface area contributed by atoms with Crippen LogP contribution in [0.15, 0.2) is 85.2 Å². The van der Waals surface area contributed by atoms with Gasteiger partial charge in [-0.1, -0.05) is 77.9 Å². The van der Waals surface area contributed by atoms with Gasteiger partial charge in [-0.3, -0.25) is 9.78 Å². The Morgan fingerprint density at radius 1 is 0.649 bits per heavy atom. The first-order valence-electron chi connectivity index (χ1n) is 12.6. The number of benzene rings is 3. The van der Waals surface area contributed by atoms with Crippen LogP contribution < -0.4 is 10.2 Å². The first-order valence-corrected chi connectivity index (χ1v) is 12.6. The van der Waals surface area contributed by atoms with Gasteiger partial charge in [0.15, 0.2) is 5.82 Å². The molecule has 0 atom stereocenters. The van der Waals surface area contributed by atoms with E-state index < -0.39 is 0 Å². The van der Waals surface area contributed by atoms with Gasteiger partial charge in [0.2, 0.25) is 5.91 Å². The average molecular weight is 493 g/mol. The van der Waals surface area contributed by atoms with E-state index in [-0.39, 0.29) is 16.7 Å². The number of hydrogen-bond acceptors (Lipinski definition) is 4. The molecule has 1 N–H and O–H groups in total. The van der Waals surface area contributed by atoms with Gasteiger partial charge in [0.25, 0.3) is 0 Å². The SMILES string of the molecule is CC(=O)Nc1cnc(-c2ccc(N(c3ccc(C(C)(C)C)cc3)c3ccc(C(C)(C)C)cc3)cc2)cn1. The smallest absolute Gasteiger partial charge is 0.222 e. The fourth-order valence-corrected chi connectivity index (χ4v) is 4.17. The molecule has 0 fully saturated rings. The molecule has 0 radical (unpaired) electrons. The standard InChI is InChI=1S/C32H36N4O/c1-22(37)35-30-21-33-29(20-34-30)23-8-14-26(15-9-23)36(27-16-10-24(11-17-27)31(2,3)4)28-18-12-25(13-19-28)32(5,6)7/h8-21H,1-7H3,(H,34,35,37). The quantitative estimate of drug-likeness (QED) is 0.305. The lowest BCUT2D eigenvalue weighted by Crippen LogP contribution is -2.14. The molecule has 0 saturated heterocycles. The molecule has 0 aliphatic rings. The van der Waals surface area contributed by atoms with E-state index in [1.54, 1.807) is 12.4 Å². The number of anilines is 4. The van der Waals surface area contributed by atoms with Gasteiger partial charge in [-0.15, -0.1) is 0 Å². The maximum atomic E-state index is 11.3. The number of nitrogens with zero attached hydrogens (tertiary/aromatic N) is 3. The van der Waals surface area contributed by atoms with Crippen molar-refractivity contribution in [2.75, 3.05) is 10.2 Å². The second-order valence-corrected chi connectivity index (χ2v) is 11.4. The van der Waals surface area contributed by atoms with Crippen LogP contribution in [0.4, 0.5) is 22.9 Å². The first kappa shape index (κ1) is 26.1. The maximum absolute atomic E-state index is 11.3. The number of carbonyl (C=O) groups excluding carboxylic acids is 1. The number of amides is 1. The molecular formula is C32H36N4O. The third-order valence-electron chi connectivity index (χ3n) is 6.36. The number of aromatic nitrogens is 2. The van der Waals surface area contributed by atoms with Crippen LogP contribution in [0.1, 0.15) is 59.6 Å². The molecule has 4 aromatic rings. The normalized spacial score (nSPS) is 11.8. The Kier molecular flexibility index (Phi) is 7.17. The van der Waals surface area contributed by atoms with Crippen molar-refractivity contribution in [3.63, 3.8) is 0 Å². The van der Waals surface area contributed by atoms with E-state index in [9.17, 15) is 4.79 Å². The number of hydrogen-bond donors (Lipinski definition) is 1. The highest BCUT2D eigenvalue weighted by atomic mass is 16.1. The zero-order valence-electron chi connectivity index (χ0n) is 22.8. The fourth-order valence-electron chi connectivity index (χ4n) is 4.17. The zero-order valence-corrected chi connectivity index (χ0v) is 22.8. The van der Waals surface area contributed by atoms with Gasteiger partial charge in [0.1, 0.15) is 0 Å². The van der Waals surface area contributed by atoms with E-state index in [1.807, 2.05) is 0 Å². The molecule has 0 saturated carbocycles. The van der Waals surface area contributed by atoms with Crippen molar-refractivity contribution in [3.05, 3.63) is 96.3 Å². The minimum Gasteiger partial charge on any atom is -0.311 e. The molecule has 4 rings (SSSR count). The summed E-state index contributed by atoms with van der Waals surface area (Å²) in [7, 11) is 0. The molecule has 37 heavy (non-hydrogen) atoms. The second-order valence-electron chi connectivity index (χ2n) is 11.4. The molecule has 1 aromatic heterocycles. The monoisotopic (exact) mass is 492 g/mol. The Hall–Kier alpha value is -3.99. The van der Waals surface area contributed by atoms with Crippen molar-refractivity contribution in [2.24, 2.45) is 0 Å². The van der Waals surface area contributed by atoms with Gasteiger partial charge < -0.3 is 10.2 Å². The molecule has 0 bridgehead atoms. The first-order chi connectivity index (χ1) is 17.4. The van der Waals surface area contributed by atoms with Crippen LogP contribution in [-0.2, 0) is 15.6 Å². The molecule has 0 aliphatic carbocycles. The van der Waals surface area contributed by atoms with E-state index in [2.05, 4.69) is 135 Å². The molecule has 0 spiro atoms. The molecule has 1 heterocycles. The van der Waals surface area contributed by atoms with Crippen LogP contribution in [0.25, 0.3) is 11.3 Å². The third kappa shape index (κ3) is 6.23. The summed E-state index contributed by atoms with van der Waals surface area (Å²) in [4.78, 5) is 22.3. The van der Waals surface area contributed by atoms with Gasteiger partial charge >= 0.3 is 0 Å². The summed E-state index contributed by atoms with van der Waals surface area (Å²) >= 11 is 0. The van der Waals surface area contributed by atoms with Crippen molar-refractivity contribution in [3.8, 4) is 11.3 Å². The summed E-state index contributed by atoms with van der Waals surface area (Å²) in [5.74, 6) is 0.272. The van der Waals surface area contributed by atoms with Gasteiger partial charge in [0.05, 0.1) is 18.1 Å². The highest BCUT2D eigenvalue weighted by Gasteiger charge is 2.18. The average Bonchev–Trinajstić information content (AvgIpc) is 2.84. The predicted octanol–water partition coefficient (Wildman–Crippen LogP) is 8.17. The lowest BCUT2D eigenvalue weighted by Gasteiger charge is -2.28. The van der Waals surface area contributed by atoms with E-state index in [1.165, 1.54) is 18.1 Å². The van der Waals surface area contributed by atoms with Crippen molar-refractivity contribution in [1.82, 2.24) is 9.97 Å². The Labute approximate surface area is 220 Å². The Balaban J connectivity index is 1.70. The minimum absolute atomic E-state index is 0.0931. The van der Waals surface area contributed by atoms with Gasteiger partial charge in [-0.05, 0) is 58.4 Å². The largest absolute Gasteiger partial charge is 0.311 e. The van der Waals surface area contributed by atoms with Crippen molar-refractivity contribution >= 4 is 28.8 Å². The van der Waals surface area contributed by atoms with E-state index in [0.29, 0.717) is 5.82 Å². The van der Waals surface area contributed by atoms with Crippen LogP contribution in [0.3, 0.4) is 0 Å². The molecule has 5 nitrogen and oxygen atoms in total. The van der Waals surface area contributed by atoms with Crippen molar-refractivity contribution in [2.45, 2.75) is 59.3 Å². The molecule has 1 amide bonds.